The molecular formula is C15H18N2O2S2. The fraction of sp³-hybridized carbons (Fsp3) is 0.600. The van der Waals surface area contributed by atoms with Crippen LogP contribution >= 0.6 is 23.1 Å². The summed E-state index contributed by atoms with van der Waals surface area (Å²) in [7, 11) is 1.84. The summed E-state index contributed by atoms with van der Waals surface area (Å²) >= 11 is 3.36. The van der Waals surface area contributed by atoms with E-state index >= 15 is 0 Å². The summed E-state index contributed by atoms with van der Waals surface area (Å²) in [5.41, 5.74) is 1.38. The molecule has 21 heavy (non-hydrogen) atoms. The van der Waals surface area contributed by atoms with Crippen molar-refractivity contribution >= 4 is 33.3 Å². The molecule has 4 nitrogen and oxygen atoms in total. The second-order valence-electron chi connectivity index (χ2n) is 5.74. The Labute approximate surface area is 131 Å². The molecule has 0 radical (unpaired) electrons. The minimum absolute atomic E-state index is 0.120. The Hall–Kier alpha value is -0.850. The number of thiophene rings is 1. The molecule has 0 saturated carbocycles. The highest BCUT2D eigenvalue weighted by atomic mass is 32.2. The average molecular weight is 322 g/mol. The van der Waals surface area contributed by atoms with Crippen molar-refractivity contribution < 1.29 is 4.74 Å². The third-order valence-electron chi connectivity index (χ3n) is 4.33. The number of fused-ring (bicyclic) bond motifs is 3. The summed E-state index contributed by atoms with van der Waals surface area (Å²) in [5.74, 6) is 0.886. The van der Waals surface area contributed by atoms with E-state index in [0.717, 1.165) is 53.4 Å². The lowest BCUT2D eigenvalue weighted by molar-refractivity contribution is 0.129. The van der Waals surface area contributed by atoms with Gasteiger partial charge in [-0.2, -0.15) is 0 Å². The summed E-state index contributed by atoms with van der Waals surface area (Å²) in [6.45, 7) is 0.869. The Morgan fingerprint density at radius 3 is 3.14 bits per heavy atom. The first kappa shape index (κ1) is 13.8. The summed E-state index contributed by atoms with van der Waals surface area (Å²) in [6, 6.07) is 0. The molecule has 2 aromatic rings. The molecule has 1 atom stereocenters. The number of hydrogen-bond donors (Lipinski definition) is 0. The van der Waals surface area contributed by atoms with Crippen molar-refractivity contribution in [3.63, 3.8) is 0 Å². The lowest BCUT2D eigenvalue weighted by Crippen LogP contribution is -2.21. The molecule has 3 heterocycles. The fourth-order valence-corrected chi connectivity index (χ4v) is 5.52. The van der Waals surface area contributed by atoms with E-state index in [1.165, 1.54) is 16.9 Å². The van der Waals surface area contributed by atoms with Gasteiger partial charge in [-0.25, -0.2) is 4.98 Å². The van der Waals surface area contributed by atoms with E-state index in [-0.39, 0.29) is 5.56 Å². The third-order valence-corrected chi connectivity index (χ3v) is 6.68. The van der Waals surface area contributed by atoms with Gasteiger partial charge in [-0.3, -0.25) is 9.36 Å². The maximum atomic E-state index is 12.7. The minimum atomic E-state index is 0.120. The van der Waals surface area contributed by atoms with Crippen molar-refractivity contribution in [3.05, 3.63) is 20.8 Å². The summed E-state index contributed by atoms with van der Waals surface area (Å²) in [4.78, 5) is 19.7. The predicted molar refractivity (Wildman–Crippen MR) is 86.6 cm³/mol. The van der Waals surface area contributed by atoms with E-state index in [1.54, 1.807) is 27.7 Å². The molecule has 0 aromatic carbocycles. The van der Waals surface area contributed by atoms with Crippen LogP contribution < -0.4 is 5.56 Å². The Balaban J connectivity index is 1.70. The van der Waals surface area contributed by atoms with Crippen LogP contribution in [-0.2, 0) is 24.6 Å². The summed E-state index contributed by atoms with van der Waals surface area (Å²) < 4.78 is 7.36. The number of thioether (sulfide) groups is 1. The van der Waals surface area contributed by atoms with Gasteiger partial charge in [0, 0.05) is 24.3 Å². The van der Waals surface area contributed by atoms with Crippen molar-refractivity contribution in [2.24, 2.45) is 7.05 Å². The van der Waals surface area contributed by atoms with Gasteiger partial charge in [-0.05, 0) is 37.7 Å². The molecule has 6 heteroatoms. The number of aromatic nitrogens is 2. The molecule has 0 spiro atoms. The SMILES string of the molecule is Cn1c(SC[C@@H]2CCCO2)nc2sc3c(c2c1=O)CCC3. The zero-order chi connectivity index (χ0) is 14.4. The van der Waals surface area contributed by atoms with E-state index in [1.807, 2.05) is 7.05 Å². The Bertz CT molecular complexity index is 744. The molecule has 112 valence electrons. The molecular weight excluding hydrogens is 304 g/mol. The minimum Gasteiger partial charge on any atom is -0.377 e. The molecule has 1 fully saturated rings. The highest BCUT2D eigenvalue weighted by molar-refractivity contribution is 7.99. The molecule has 0 bridgehead atoms. The number of hydrogen-bond acceptors (Lipinski definition) is 5. The molecule has 1 aliphatic heterocycles. The third kappa shape index (κ3) is 2.33. The van der Waals surface area contributed by atoms with Gasteiger partial charge in [0.25, 0.3) is 5.56 Å². The number of ether oxygens (including phenoxy) is 1. The summed E-state index contributed by atoms with van der Waals surface area (Å²) in [5, 5.41) is 1.69. The molecule has 0 N–H and O–H groups in total. The van der Waals surface area contributed by atoms with Gasteiger partial charge < -0.3 is 4.74 Å². The Kier molecular flexibility index (Phi) is 3.55. The molecule has 1 saturated heterocycles. The number of aryl methyl sites for hydroxylation is 2. The van der Waals surface area contributed by atoms with Crippen molar-refractivity contribution in [2.75, 3.05) is 12.4 Å². The van der Waals surface area contributed by atoms with Gasteiger partial charge in [0.2, 0.25) is 0 Å². The number of nitrogens with zero attached hydrogens (tertiary/aromatic N) is 2. The molecule has 1 aliphatic carbocycles. The molecule has 2 aliphatic rings. The predicted octanol–water partition coefficient (Wildman–Crippen LogP) is 2.75. The molecule has 0 amide bonds. The zero-order valence-corrected chi connectivity index (χ0v) is 13.7. The zero-order valence-electron chi connectivity index (χ0n) is 12.1. The van der Waals surface area contributed by atoms with Crippen molar-refractivity contribution in [1.29, 1.82) is 0 Å². The van der Waals surface area contributed by atoms with Crippen LogP contribution in [0.4, 0.5) is 0 Å². The largest absolute Gasteiger partial charge is 0.377 e. The van der Waals surface area contributed by atoms with Crippen LogP contribution in [0.1, 0.15) is 29.7 Å². The van der Waals surface area contributed by atoms with E-state index < -0.39 is 0 Å². The highest BCUT2D eigenvalue weighted by Gasteiger charge is 2.23. The lowest BCUT2D eigenvalue weighted by Gasteiger charge is -2.10. The van der Waals surface area contributed by atoms with E-state index in [9.17, 15) is 4.79 Å². The van der Waals surface area contributed by atoms with E-state index in [2.05, 4.69) is 0 Å². The Morgan fingerprint density at radius 2 is 2.33 bits per heavy atom. The first-order valence-corrected chi connectivity index (χ1v) is 9.30. The van der Waals surface area contributed by atoms with Gasteiger partial charge in [-0.15, -0.1) is 11.3 Å². The second kappa shape index (κ2) is 5.41. The fourth-order valence-electron chi connectivity index (χ4n) is 3.18. The highest BCUT2D eigenvalue weighted by Crippen LogP contribution is 2.35. The summed E-state index contributed by atoms with van der Waals surface area (Å²) in [6.07, 6.45) is 5.91. The van der Waals surface area contributed by atoms with Crippen LogP contribution in [-0.4, -0.2) is 28.0 Å². The van der Waals surface area contributed by atoms with Gasteiger partial charge in [-0.1, -0.05) is 11.8 Å². The molecule has 2 aromatic heterocycles. The van der Waals surface area contributed by atoms with Crippen LogP contribution in [0.25, 0.3) is 10.2 Å². The standard InChI is InChI=1S/C15H18N2O2S2/c1-17-14(18)12-10-5-2-6-11(10)21-13(12)16-15(17)20-8-9-4-3-7-19-9/h9H,2-8H2,1H3/t9-/m0/s1. The van der Waals surface area contributed by atoms with Gasteiger partial charge in [0.1, 0.15) is 4.83 Å². The lowest BCUT2D eigenvalue weighted by atomic mass is 10.2. The van der Waals surface area contributed by atoms with Crippen LogP contribution in [0.3, 0.4) is 0 Å². The monoisotopic (exact) mass is 322 g/mol. The first-order valence-electron chi connectivity index (χ1n) is 7.49. The van der Waals surface area contributed by atoms with Crippen LogP contribution in [0, 0.1) is 0 Å². The quantitative estimate of drug-likeness (QED) is 0.644. The smallest absolute Gasteiger partial charge is 0.262 e. The van der Waals surface area contributed by atoms with Crippen LogP contribution in [0.5, 0.6) is 0 Å². The maximum Gasteiger partial charge on any atom is 0.262 e. The first-order chi connectivity index (χ1) is 10.2. The Morgan fingerprint density at radius 1 is 1.43 bits per heavy atom. The van der Waals surface area contributed by atoms with Crippen molar-refractivity contribution in [3.8, 4) is 0 Å². The van der Waals surface area contributed by atoms with Crippen LogP contribution in [0.2, 0.25) is 0 Å². The average Bonchev–Trinajstić information content (AvgIpc) is 3.17. The second-order valence-corrected chi connectivity index (χ2v) is 7.81. The number of rotatable bonds is 3. The van der Waals surface area contributed by atoms with Gasteiger partial charge >= 0.3 is 0 Å². The van der Waals surface area contributed by atoms with Crippen LogP contribution in [0.15, 0.2) is 9.95 Å². The van der Waals surface area contributed by atoms with Crippen molar-refractivity contribution in [1.82, 2.24) is 9.55 Å². The molecule has 4 rings (SSSR count). The maximum absolute atomic E-state index is 12.7. The molecule has 0 unspecified atom stereocenters. The normalized spacial score (nSPS) is 21.3. The van der Waals surface area contributed by atoms with E-state index in [0.29, 0.717) is 6.10 Å². The van der Waals surface area contributed by atoms with Gasteiger partial charge in [0.05, 0.1) is 11.5 Å². The van der Waals surface area contributed by atoms with E-state index in [4.69, 9.17) is 9.72 Å². The topological polar surface area (TPSA) is 44.1 Å². The van der Waals surface area contributed by atoms with Gasteiger partial charge in [0.15, 0.2) is 5.16 Å². The van der Waals surface area contributed by atoms with Crippen molar-refractivity contribution in [2.45, 2.75) is 43.4 Å².